The van der Waals surface area contributed by atoms with Crippen LogP contribution in [0.4, 0.5) is 0 Å². The molecule has 0 fully saturated rings. The molecular formula is C23H23NO2. The molecule has 0 aliphatic carbocycles. The molecule has 1 atom stereocenters. The van der Waals surface area contributed by atoms with Gasteiger partial charge < -0.3 is 10.1 Å². The van der Waals surface area contributed by atoms with E-state index >= 15 is 0 Å². The van der Waals surface area contributed by atoms with Gasteiger partial charge in [-0.1, -0.05) is 72.3 Å². The van der Waals surface area contributed by atoms with Crippen LogP contribution in [0.5, 0.6) is 5.75 Å². The van der Waals surface area contributed by atoms with E-state index in [1.165, 1.54) is 5.56 Å². The SMILES string of the molecule is COc1ccc(C(NC(=O)Cc2ccc(C)cc2)c2ccccc2)cc1. The maximum Gasteiger partial charge on any atom is 0.225 e. The Morgan fingerprint density at radius 3 is 2.12 bits per heavy atom. The molecule has 0 heterocycles. The summed E-state index contributed by atoms with van der Waals surface area (Å²) in [7, 11) is 1.65. The van der Waals surface area contributed by atoms with Crippen LogP contribution in [0.2, 0.25) is 0 Å². The number of methoxy groups -OCH3 is 1. The second kappa shape index (κ2) is 8.34. The lowest BCUT2D eigenvalue weighted by Crippen LogP contribution is -2.30. The first-order valence-electron chi connectivity index (χ1n) is 8.69. The number of carbonyl (C=O) groups is 1. The van der Waals surface area contributed by atoms with Gasteiger partial charge in [-0.2, -0.15) is 0 Å². The largest absolute Gasteiger partial charge is 0.497 e. The number of aryl methyl sites for hydroxylation is 1. The van der Waals surface area contributed by atoms with E-state index in [2.05, 4.69) is 5.32 Å². The summed E-state index contributed by atoms with van der Waals surface area (Å²) in [4.78, 5) is 12.6. The number of rotatable bonds is 6. The molecule has 3 aromatic carbocycles. The average Bonchev–Trinajstić information content (AvgIpc) is 2.69. The second-order valence-electron chi connectivity index (χ2n) is 6.35. The molecular weight excluding hydrogens is 322 g/mol. The number of carbonyl (C=O) groups excluding carboxylic acids is 1. The molecule has 0 aromatic heterocycles. The van der Waals surface area contributed by atoms with Crippen molar-refractivity contribution in [1.82, 2.24) is 5.32 Å². The van der Waals surface area contributed by atoms with Gasteiger partial charge in [-0.05, 0) is 35.7 Å². The number of hydrogen-bond donors (Lipinski definition) is 1. The molecule has 3 nitrogen and oxygen atoms in total. The molecule has 1 N–H and O–H groups in total. The van der Waals surface area contributed by atoms with Gasteiger partial charge in [-0.25, -0.2) is 0 Å². The van der Waals surface area contributed by atoms with Crippen LogP contribution >= 0.6 is 0 Å². The third-order valence-electron chi connectivity index (χ3n) is 4.37. The number of benzene rings is 3. The van der Waals surface area contributed by atoms with Gasteiger partial charge in [0.25, 0.3) is 0 Å². The molecule has 0 radical (unpaired) electrons. The summed E-state index contributed by atoms with van der Waals surface area (Å²) >= 11 is 0. The first kappa shape index (κ1) is 17.7. The summed E-state index contributed by atoms with van der Waals surface area (Å²) in [5.41, 5.74) is 4.27. The number of ether oxygens (including phenoxy) is 1. The van der Waals surface area contributed by atoms with Crippen LogP contribution in [0.15, 0.2) is 78.9 Å². The van der Waals surface area contributed by atoms with Crippen molar-refractivity contribution in [1.29, 1.82) is 0 Å². The molecule has 0 aliphatic heterocycles. The van der Waals surface area contributed by atoms with E-state index in [1.54, 1.807) is 7.11 Å². The zero-order valence-corrected chi connectivity index (χ0v) is 15.1. The Morgan fingerprint density at radius 2 is 1.50 bits per heavy atom. The van der Waals surface area contributed by atoms with Crippen molar-refractivity contribution >= 4 is 5.91 Å². The van der Waals surface area contributed by atoms with Gasteiger partial charge in [-0.3, -0.25) is 4.79 Å². The smallest absolute Gasteiger partial charge is 0.225 e. The highest BCUT2D eigenvalue weighted by atomic mass is 16.5. The second-order valence-corrected chi connectivity index (χ2v) is 6.35. The number of nitrogens with one attached hydrogen (secondary N) is 1. The Hall–Kier alpha value is -3.07. The Kier molecular flexibility index (Phi) is 5.69. The Morgan fingerprint density at radius 1 is 0.885 bits per heavy atom. The predicted molar refractivity (Wildman–Crippen MR) is 104 cm³/mol. The van der Waals surface area contributed by atoms with E-state index in [0.717, 1.165) is 22.4 Å². The van der Waals surface area contributed by atoms with E-state index < -0.39 is 0 Å². The highest BCUT2D eigenvalue weighted by Crippen LogP contribution is 2.24. The quantitative estimate of drug-likeness (QED) is 0.717. The lowest BCUT2D eigenvalue weighted by atomic mass is 9.98. The van der Waals surface area contributed by atoms with E-state index in [1.807, 2.05) is 85.8 Å². The van der Waals surface area contributed by atoms with Crippen LogP contribution in [0, 0.1) is 6.92 Å². The lowest BCUT2D eigenvalue weighted by molar-refractivity contribution is -0.120. The molecule has 3 aromatic rings. The van der Waals surface area contributed by atoms with Gasteiger partial charge in [-0.15, -0.1) is 0 Å². The third-order valence-corrected chi connectivity index (χ3v) is 4.37. The molecule has 132 valence electrons. The topological polar surface area (TPSA) is 38.3 Å². The minimum absolute atomic E-state index is 0.00137. The molecule has 3 rings (SSSR count). The van der Waals surface area contributed by atoms with Crippen LogP contribution in [0.1, 0.15) is 28.3 Å². The van der Waals surface area contributed by atoms with Crippen molar-refractivity contribution < 1.29 is 9.53 Å². The van der Waals surface area contributed by atoms with Gasteiger partial charge in [0.1, 0.15) is 5.75 Å². The minimum atomic E-state index is -0.194. The molecule has 0 saturated carbocycles. The van der Waals surface area contributed by atoms with E-state index in [0.29, 0.717) is 6.42 Å². The first-order valence-corrected chi connectivity index (χ1v) is 8.69. The van der Waals surface area contributed by atoms with E-state index in [-0.39, 0.29) is 11.9 Å². The Bertz CT molecular complexity index is 840. The summed E-state index contributed by atoms with van der Waals surface area (Å²) in [5, 5.41) is 3.17. The van der Waals surface area contributed by atoms with Crippen LogP contribution in [-0.2, 0) is 11.2 Å². The predicted octanol–water partition coefficient (Wildman–Crippen LogP) is 4.45. The monoisotopic (exact) mass is 345 g/mol. The van der Waals surface area contributed by atoms with Crippen LogP contribution < -0.4 is 10.1 Å². The summed E-state index contributed by atoms with van der Waals surface area (Å²) in [6.45, 7) is 2.04. The minimum Gasteiger partial charge on any atom is -0.497 e. The summed E-state index contributed by atoms with van der Waals surface area (Å²) in [5.74, 6) is 0.796. The van der Waals surface area contributed by atoms with Crippen molar-refractivity contribution in [2.24, 2.45) is 0 Å². The molecule has 0 aliphatic rings. The van der Waals surface area contributed by atoms with Crippen LogP contribution in [0.3, 0.4) is 0 Å². The molecule has 0 spiro atoms. The van der Waals surface area contributed by atoms with Crippen molar-refractivity contribution in [2.45, 2.75) is 19.4 Å². The lowest BCUT2D eigenvalue weighted by Gasteiger charge is -2.20. The van der Waals surface area contributed by atoms with Gasteiger partial charge in [0.05, 0.1) is 19.6 Å². The number of amides is 1. The van der Waals surface area contributed by atoms with Gasteiger partial charge in [0.15, 0.2) is 0 Å². The van der Waals surface area contributed by atoms with Gasteiger partial charge >= 0.3 is 0 Å². The highest BCUT2D eigenvalue weighted by Gasteiger charge is 2.17. The van der Waals surface area contributed by atoms with Gasteiger partial charge in [0.2, 0.25) is 5.91 Å². The summed E-state index contributed by atoms with van der Waals surface area (Å²) < 4.78 is 5.24. The van der Waals surface area contributed by atoms with Crippen molar-refractivity contribution in [3.05, 3.63) is 101 Å². The number of hydrogen-bond acceptors (Lipinski definition) is 2. The highest BCUT2D eigenvalue weighted by molar-refractivity contribution is 5.79. The fraction of sp³-hybridized carbons (Fsp3) is 0.174. The molecule has 0 saturated heterocycles. The van der Waals surface area contributed by atoms with Crippen LogP contribution in [0.25, 0.3) is 0 Å². The Labute approximate surface area is 154 Å². The standard InChI is InChI=1S/C23H23NO2/c1-17-8-10-18(11-9-17)16-22(25)24-23(19-6-4-3-5-7-19)20-12-14-21(26-2)15-13-20/h3-15,23H,16H2,1-2H3,(H,24,25). The normalized spacial score (nSPS) is 11.6. The molecule has 1 amide bonds. The van der Waals surface area contributed by atoms with Crippen molar-refractivity contribution in [3.8, 4) is 5.75 Å². The molecule has 1 unspecified atom stereocenters. The zero-order valence-electron chi connectivity index (χ0n) is 15.1. The summed E-state index contributed by atoms with van der Waals surface area (Å²) in [6, 6.07) is 25.7. The first-order chi connectivity index (χ1) is 12.7. The van der Waals surface area contributed by atoms with Gasteiger partial charge in [0, 0.05) is 0 Å². The maximum atomic E-state index is 12.6. The van der Waals surface area contributed by atoms with E-state index in [9.17, 15) is 4.79 Å². The zero-order chi connectivity index (χ0) is 18.4. The molecule has 0 bridgehead atoms. The average molecular weight is 345 g/mol. The molecule has 3 heteroatoms. The van der Waals surface area contributed by atoms with Crippen LogP contribution in [-0.4, -0.2) is 13.0 Å². The fourth-order valence-electron chi connectivity index (χ4n) is 2.90. The Balaban J connectivity index is 1.81. The van der Waals surface area contributed by atoms with E-state index in [4.69, 9.17) is 4.74 Å². The molecule has 26 heavy (non-hydrogen) atoms. The third kappa shape index (κ3) is 4.51. The van der Waals surface area contributed by atoms with Crippen molar-refractivity contribution in [2.75, 3.05) is 7.11 Å². The fourth-order valence-corrected chi connectivity index (χ4v) is 2.90. The maximum absolute atomic E-state index is 12.6. The van der Waals surface area contributed by atoms with Crippen molar-refractivity contribution in [3.63, 3.8) is 0 Å². The summed E-state index contributed by atoms with van der Waals surface area (Å²) in [6.07, 6.45) is 0.361.